The van der Waals surface area contributed by atoms with Crippen LogP contribution >= 0.6 is 11.3 Å². The van der Waals surface area contributed by atoms with Crippen LogP contribution in [0, 0.1) is 0 Å². The molecule has 8 aromatic rings. The number of aliphatic imine (C=N–C) groups is 1. The molecule has 0 atom stereocenters. The van der Waals surface area contributed by atoms with Gasteiger partial charge >= 0.3 is 0 Å². The first-order valence-electron chi connectivity index (χ1n) is 15.7. The molecular weight excluding hydrogens is 597 g/mol. The van der Waals surface area contributed by atoms with Crippen LogP contribution < -0.4 is 0 Å². The molecule has 0 bridgehead atoms. The summed E-state index contributed by atoms with van der Waals surface area (Å²) in [7, 11) is 0. The molecule has 0 saturated carbocycles. The second-order valence-electron chi connectivity index (χ2n) is 12.8. The van der Waals surface area contributed by atoms with E-state index in [-0.39, 0.29) is 11.2 Å². The fourth-order valence-electron chi connectivity index (χ4n) is 6.21. The van der Waals surface area contributed by atoms with E-state index in [1.54, 1.807) is 23.6 Å². The molecule has 6 aromatic carbocycles. The van der Waals surface area contributed by atoms with E-state index in [1.807, 2.05) is 48.5 Å². The number of hydrogen-bond acceptors (Lipinski definition) is 5. The van der Waals surface area contributed by atoms with Gasteiger partial charge in [-0.1, -0.05) is 106 Å². The number of hydrogen-bond donors (Lipinski definition) is 1. The molecule has 47 heavy (non-hydrogen) atoms. The van der Waals surface area contributed by atoms with E-state index in [9.17, 15) is 5.11 Å². The van der Waals surface area contributed by atoms with Gasteiger partial charge in [0.15, 0.2) is 0 Å². The Bertz CT molecular complexity index is 2460. The van der Waals surface area contributed by atoms with Crippen LogP contribution in [0.3, 0.4) is 0 Å². The third-order valence-corrected chi connectivity index (χ3v) is 9.74. The number of phenols is 1. The molecule has 0 amide bonds. The van der Waals surface area contributed by atoms with Gasteiger partial charge in [-0.05, 0) is 64.6 Å². The zero-order valence-corrected chi connectivity index (χ0v) is 27.2. The summed E-state index contributed by atoms with van der Waals surface area (Å²) < 4.78 is 7.69. The summed E-state index contributed by atoms with van der Waals surface area (Å²) in [6.45, 7) is 6.48. The normalized spacial score (nSPS) is 12.1. The van der Waals surface area contributed by atoms with E-state index < -0.39 is 0 Å². The van der Waals surface area contributed by atoms with E-state index >= 15 is 0 Å². The van der Waals surface area contributed by atoms with Crippen LogP contribution in [-0.2, 0) is 5.41 Å². The van der Waals surface area contributed by atoms with Crippen LogP contribution in [0.1, 0.15) is 31.9 Å². The van der Waals surface area contributed by atoms with E-state index in [0.29, 0.717) is 5.56 Å². The van der Waals surface area contributed by atoms with Crippen molar-refractivity contribution in [3.05, 3.63) is 139 Å². The maximum atomic E-state index is 10.6. The monoisotopic (exact) mass is 628 g/mol. The maximum absolute atomic E-state index is 10.6. The Morgan fingerprint density at radius 3 is 2.32 bits per heavy atom. The van der Waals surface area contributed by atoms with Crippen molar-refractivity contribution in [1.82, 2.24) is 4.98 Å². The van der Waals surface area contributed by atoms with Gasteiger partial charge in [0.05, 0.1) is 15.9 Å². The van der Waals surface area contributed by atoms with E-state index in [2.05, 4.69) is 93.6 Å². The summed E-state index contributed by atoms with van der Waals surface area (Å²) in [5.41, 5.74) is 10.5. The summed E-state index contributed by atoms with van der Waals surface area (Å²) in [6.07, 6.45) is 1.74. The Kier molecular flexibility index (Phi) is 7.00. The van der Waals surface area contributed by atoms with Gasteiger partial charge in [0, 0.05) is 39.2 Å². The lowest BCUT2D eigenvalue weighted by molar-refractivity contribution is 0.473. The number of rotatable bonds is 5. The summed E-state index contributed by atoms with van der Waals surface area (Å²) in [5, 5.41) is 13.7. The SMILES string of the molecule is CC(C)(C)c1ccc(O)c(C=Nc2ccccc2-c2nc3c(-c4ccc(-c5ccccc5)c5c4oc4ccccc45)cccc3s2)c1. The van der Waals surface area contributed by atoms with Crippen LogP contribution in [-0.4, -0.2) is 16.3 Å². The largest absolute Gasteiger partial charge is 0.507 e. The number of para-hydroxylation sites is 3. The number of phenolic OH excluding ortho intramolecular Hbond substituents is 1. The van der Waals surface area contributed by atoms with Crippen molar-refractivity contribution in [2.24, 2.45) is 4.99 Å². The van der Waals surface area contributed by atoms with Crippen molar-refractivity contribution >= 4 is 55.4 Å². The van der Waals surface area contributed by atoms with Crippen LogP contribution in [0.5, 0.6) is 5.75 Å². The second kappa shape index (κ2) is 11.4. The minimum absolute atomic E-state index is 0.0390. The fourth-order valence-corrected chi connectivity index (χ4v) is 7.24. The van der Waals surface area contributed by atoms with Crippen molar-refractivity contribution < 1.29 is 9.52 Å². The number of nitrogens with zero attached hydrogens (tertiary/aromatic N) is 2. The van der Waals surface area contributed by atoms with Crippen molar-refractivity contribution in [3.63, 3.8) is 0 Å². The second-order valence-corrected chi connectivity index (χ2v) is 13.8. The van der Waals surface area contributed by atoms with Gasteiger partial charge in [0.2, 0.25) is 0 Å². The molecule has 1 N–H and O–H groups in total. The number of furan rings is 1. The lowest BCUT2D eigenvalue weighted by Crippen LogP contribution is -2.11. The quantitative estimate of drug-likeness (QED) is 0.193. The van der Waals surface area contributed by atoms with Crippen molar-refractivity contribution in [1.29, 1.82) is 0 Å². The molecule has 4 nitrogen and oxygen atoms in total. The molecule has 0 saturated heterocycles. The maximum Gasteiger partial charge on any atom is 0.143 e. The summed E-state index contributed by atoms with van der Waals surface area (Å²) in [5.74, 6) is 0.207. The first-order valence-corrected chi connectivity index (χ1v) is 16.5. The van der Waals surface area contributed by atoms with Gasteiger partial charge in [-0.2, -0.15) is 0 Å². The molecule has 2 heterocycles. The minimum Gasteiger partial charge on any atom is -0.507 e. The standard InChI is InChI=1S/C42H32N2O2S/c1-42(2,3)28-20-23-35(45)27(24-28)25-43-34-17-9-7-14-32(34)41-44-39-30(16-11-19-37(39)47-41)31-22-21-29(26-12-5-4-6-13-26)38-33-15-8-10-18-36(33)46-40(31)38/h4-25,45H,1-3H3. The van der Waals surface area contributed by atoms with E-state index in [1.165, 1.54) is 0 Å². The molecule has 0 aliphatic carbocycles. The fraction of sp³-hybridized carbons (Fsp3) is 0.0952. The van der Waals surface area contributed by atoms with Crippen LogP contribution in [0.15, 0.2) is 137 Å². The highest BCUT2D eigenvalue weighted by Crippen LogP contribution is 2.45. The Morgan fingerprint density at radius 1 is 0.723 bits per heavy atom. The number of aromatic nitrogens is 1. The molecule has 0 aliphatic rings. The van der Waals surface area contributed by atoms with Gasteiger partial charge in [-0.25, -0.2) is 4.98 Å². The Morgan fingerprint density at radius 2 is 1.47 bits per heavy atom. The highest BCUT2D eigenvalue weighted by Gasteiger charge is 2.20. The molecule has 0 aliphatic heterocycles. The lowest BCUT2D eigenvalue weighted by Gasteiger charge is -2.19. The predicted octanol–water partition coefficient (Wildman–Crippen LogP) is 12.0. The topological polar surface area (TPSA) is 58.6 Å². The van der Waals surface area contributed by atoms with Gasteiger partial charge in [0.1, 0.15) is 21.9 Å². The van der Waals surface area contributed by atoms with Crippen LogP contribution in [0.2, 0.25) is 0 Å². The summed E-state index contributed by atoms with van der Waals surface area (Å²) in [6, 6.07) is 43.2. The minimum atomic E-state index is -0.0390. The number of fused-ring (bicyclic) bond motifs is 4. The Hall–Kier alpha value is -5.52. The van der Waals surface area contributed by atoms with Gasteiger partial charge < -0.3 is 9.52 Å². The predicted molar refractivity (Wildman–Crippen MR) is 197 cm³/mol. The summed E-state index contributed by atoms with van der Waals surface area (Å²) >= 11 is 1.65. The first-order chi connectivity index (χ1) is 22.8. The van der Waals surface area contributed by atoms with E-state index in [0.717, 1.165) is 76.2 Å². The molecular formula is C42H32N2O2S. The van der Waals surface area contributed by atoms with Gasteiger partial charge in [0.25, 0.3) is 0 Å². The zero-order chi connectivity index (χ0) is 32.1. The first kappa shape index (κ1) is 28.9. The Labute approximate surface area is 277 Å². The Balaban J connectivity index is 1.26. The number of aromatic hydroxyl groups is 1. The van der Waals surface area contributed by atoms with Crippen molar-refractivity contribution in [2.75, 3.05) is 0 Å². The molecule has 0 fully saturated rings. The third-order valence-electron chi connectivity index (χ3n) is 8.69. The smallest absolute Gasteiger partial charge is 0.143 e. The highest BCUT2D eigenvalue weighted by molar-refractivity contribution is 7.21. The average Bonchev–Trinajstić information content (AvgIpc) is 3.70. The van der Waals surface area contributed by atoms with E-state index in [4.69, 9.17) is 14.4 Å². The number of thiazole rings is 1. The molecule has 5 heteroatoms. The molecule has 0 spiro atoms. The molecule has 228 valence electrons. The van der Waals surface area contributed by atoms with Gasteiger partial charge in [-0.3, -0.25) is 4.99 Å². The van der Waals surface area contributed by atoms with Crippen LogP contribution in [0.25, 0.3) is 65.0 Å². The van der Waals surface area contributed by atoms with Gasteiger partial charge in [-0.15, -0.1) is 11.3 Å². The van der Waals surface area contributed by atoms with Crippen molar-refractivity contribution in [2.45, 2.75) is 26.2 Å². The molecule has 0 radical (unpaired) electrons. The average molecular weight is 629 g/mol. The zero-order valence-electron chi connectivity index (χ0n) is 26.4. The molecule has 2 aromatic heterocycles. The highest BCUT2D eigenvalue weighted by atomic mass is 32.1. The molecule has 0 unspecified atom stereocenters. The van der Waals surface area contributed by atoms with Crippen molar-refractivity contribution in [3.8, 4) is 38.6 Å². The molecule has 8 rings (SSSR count). The van der Waals surface area contributed by atoms with Crippen LogP contribution in [0.4, 0.5) is 5.69 Å². The third kappa shape index (κ3) is 5.19. The lowest BCUT2D eigenvalue weighted by atomic mass is 9.86. The number of benzene rings is 6. The summed E-state index contributed by atoms with van der Waals surface area (Å²) in [4.78, 5) is 10.1.